The number of alkyl halides is 1. The monoisotopic (exact) mass is 338 g/mol. The van der Waals surface area contributed by atoms with Crippen molar-refractivity contribution >= 4 is 38.9 Å². The number of hydrogen-bond donors (Lipinski definition) is 1. The van der Waals surface area contributed by atoms with Crippen LogP contribution in [0, 0.1) is 0 Å². The highest BCUT2D eigenvalue weighted by molar-refractivity contribution is 7.92. The maximum atomic E-state index is 12.6. The molecule has 0 aromatic heterocycles. The Balaban J connectivity index is 2.33. The molecule has 1 N–H and O–H groups in total. The van der Waals surface area contributed by atoms with Crippen LogP contribution in [0.4, 0.5) is 11.4 Å². The lowest BCUT2D eigenvalue weighted by Gasteiger charge is -2.19. The average molecular weight is 339 g/mol. The molecule has 0 bridgehead atoms. The van der Waals surface area contributed by atoms with Gasteiger partial charge in [0.1, 0.15) is 5.88 Å². The minimum absolute atomic E-state index is 0.0891. The van der Waals surface area contributed by atoms with Crippen molar-refractivity contribution < 1.29 is 13.2 Å². The normalized spacial score (nSPS) is 11.0. The zero-order valence-electron chi connectivity index (χ0n) is 11.9. The zero-order valence-corrected chi connectivity index (χ0v) is 13.4. The largest absolute Gasteiger partial charge is 0.325 e. The van der Waals surface area contributed by atoms with Gasteiger partial charge in [-0.3, -0.25) is 9.10 Å². The van der Waals surface area contributed by atoms with Crippen LogP contribution in [-0.2, 0) is 14.8 Å². The van der Waals surface area contributed by atoms with E-state index in [4.69, 9.17) is 11.6 Å². The number of nitrogens with one attached hydrogen (secondary N) is 1. The van der Waals surface area contributed by atoms with Crippen LogP contribution in [0.2, 0.25) is 0 Å². The first-order valence-electron chi connectivity index (χ1n) is 6.45. The summed E-state index contributed by atoms with van der Waals surface area (Å²) in [6, 6.07) is 14.8. The number of halogens is 1. The maximum Gasteiger partial charge on any atom is 0.264 e. The Hall–Kier alpha value is -2.05. The van der Waals surface area contributed by atoms with Crippen LogP contribution >= 0.6 is 11.6 Å². The van der Waals surface area contributed by atoms with Crippen LogP contribution in [-0.4, -0.2) is 27.3 Å². The average Bonchev–Trinajstić information content (AvgIpc) is 2.55. The van der Waals surface area contributed by atoms with Gasteiger partial charge in [0, 0.05) is 12.7 Å². The Labute approximate surface area is 134 Å². The first-order chi connectivity index (χ1) is 10.4. The molecule has 0 aliphatic heterocycles. The van der Waals surface area contributed by atoms with Crippen molar-refractivity contribution in [2.24, 2.45) is 0 Å². The van der Waals surface area contributed by atoms with Crippen molar-refractivity contribution in [2.45, 2.75) is 4.90 Å². The van der Waals surface area contributed by atoms with Gasteiger partial charge in [0.25, 0.3) is 10.0 Å². The quantitative estimate of drug-likeness (QED) is 0.852. The molecule has 2 aromatic rings. The molecule has 7 heteroatoms. The van der Waals surface area contributed by atoms with Crippen molar-refractivity contribution in [1.82, 2.24) is 0 Å². The second-order valence-corrected chi connectivity index (χ2v) is 6.75. The maximum absolute atomic E-state index is 12.6. The highest BCUT2D eigenvalue weighted by Crippen LogP contribution is 2.23. The van der Waals surface area contributed by atoms with Crippen LogP contribution in [0.25, 0.3) is 0 Å². The molecule has 2 rings (SSSR count). The molecule has 0 heterocycles. The van der Waals surface area contributed by atoms with Crippen LogP contribution in [0.5, 0.6) is 0 Å². The number of anilines is 2. The third-order valence-electron chi connectivity index (χ3n) is 3.02. The Morgan fingerprint density at radius 2 is 1.82 bits per heavy atom. The molecule has 0 atom stereocenters. The molecule has 0 aliphatic carbocycles. The van der Waals surface area contributed by atoms with E-state index in [0.29, 0.717) is 11.4 Å². The van der Waals surface area contributed by atoms with Crippen molar-refractivity contribution in [2.75, 3.05) is 22.5 Å². The Bertz CT molecular complexity index is 763. The predicted octanol–water partition coefficient (Wildman–Crippen LogP) is 2.69. The minimum Gasteiger partial charge on any atom is -0.325 e. The van der Waals surface area contributed by atoms with E-state index in [1.54, 1.807) is 36.4 Å². The second kappa shape index (κ2) is 6.81. The van der Waals surface area contributed by atoms with Crippen LogP contribution in [0.1, 0.15) is 0 Å². The molecule has 0 unspecified atom stereocenters. The molecule has 5 nitrogen and oxygen atoms in total. The van der Waals surface area contributed by atoms with E-state index in [-0.39, 0.29) is 10.8 Å². The first kappa shape index (κ1) is 16.3. The van der Waals surface area contributed by atoms with E-state index < -0.39 is 15.9 Å². The molecule has 0 radical (unpaired) electrons. The summed E-state index contributed by atoms with van der Waals surface area (Å²) >= 11 is 5.42. The van der Waals surface area contributed by atoms with E-state index in [2.05, 4.69) is 5.32 Å². The van der Waals surface area contributed by atoms with E-state index in [0.717, 1.165) is 0 Å². The lowest BCUT2D eigenvalue weighted by Crippen LogP contribution is -2.26. The number of rotatable bonds is 5. The standard InChI is InChI=1S/C15H15ClN2O3S/c1-18(13-7-3-2-4-8-13)22(20,21)14-9-5-6-12(10-14)17-15(19)11-16/h2-10H,11H2,1H3,(H,17,19). The molecular formula is C15H15ClN2O3S. The van der Waals surface area contributed by atoms with Crippen molar-refractivity contribution in [1.29, 1.82) is 0 Å². The van der Waals surface area contributed by atoms with E-state index in [1.807, 2.05) is 6.07 Å². The number of carbonyl (C=O) groups excluding carboxylic acids is 1. The van der Waals surface area contributed by atoms with Crippen molar-refractivity contribution in [3.05, 3.63) is 54.6 Å². The third-order valence-corrected chi connectivity index (χ3v) is 5.04. The summed E-state index contributed by atoms with van der Waals surface area (Å²) in [7, 11) is -2.23. The lowest BCUT2D eigenvalue weighted by molar-refractivity contribution is -0.113. The Morgan fingerprint density at radius 1 is 1.14 bits per heavy atom. The van der Waals surface area contributed by atoms with Gasteiger partial charge in [-0.1, -0.05) is 24.3 Å². The van der Waals surface area contributed by atoms with Gasteiger partial charge in [-0.15, -0.1) is 11.6 Å². The number of carbonyl (C=O) groups is 1. The number of nitrogens with zero attached hydrogens (tertiary/aromatic N) is 1. The summed E-state index contributed by atoms with van der Waals surface area (Å²) in [5.74, 6) is -0.589. The smallest absolute Gasteiger partial charge is 0.264 e. The summed E-state index contributed by atoms with van der Waals surface area (Å²) in [6.45, 7) is 0. The Morgan fingerprint density at radius 3 is 2.45 bits per heavy atom. The summed E-state index contributed by atoms with van der Waals surface area (Å²) in [6.07, 6.45) is 0. The number of amides is 1. The predicted molar refractivity (Wildman–Crippen MR) is 87.8 cm³/mol. The fraction of sp³-hybridized carbons (Fsp3) is 0.133. The van der Waals surface area contributed by atoms with Gasteiger partial charge in [-0.2, -0.15) is 0 Å². The van der Waals surface area contributed by atoms with Crippen LogP contribution < -0.4 is 9.62 Å². The van der Waals surface area contributed by atoms with Crippen LogP contribution in [0.15, 0.2) is 59.5 Å². The summed E-state index contributed by atoms with van der Waals surface area (Å²) in [5.41, 5.74) is 0.936. The highest BCUT2D eigenvalue weighted by atomic mass is 35.5. The van der Waals surface area contributed by atoms with E-state index in [9.17, 15) is 13.2 Å². The molecule has 116 valence electrons. The SMILES string of the molecule is CN(c1ccccc1)S(=O)(=O)c1cccc(NC(=O)CCl)c1. The lowest BCUT2D eigenvalue weighted by atomic mass is 10.3. The van der Waals surface area contributed by atoms with Gasteiger partial charge in [0.15, 0.2) is 0 Å². The molecular weight excluding hydrogens is 324 g/mol. The van der Waals surface area contributed by atoms with Gasteiger partial charge < -0.3 is 5.32 Å². The summed E-state index contributed by atoms with van der Waals surface area (Å²) in [5, 5.41) is 2.53. The summed E-state index contributed by atoms with van der Waals surface area (Å²) < 4.78 is 26.4. The van der Waals surface area contributed by atoms with E-state index in [1.165, 1.54) is 23.5 Å². The van der Waals surface area contributed by atoms with Gasteiger partial charge >= 0.3 is 0 Å². The molecule has 0 spiro atoms. The molecule has 0 fully saturated rings. The highest BCUT2D eigenvalue weighted by Gasteiger charge is 2.21. The third kappa shape index (κ3) is 3.58. The van der Waals surface area contributed by atoms with Crippen LogP contribution in [0.3, 0.4) is 0 Å². The molecule has 0 saturated heterocycles. The van der Waals surface area contributed by atoms with Gasteiger partial charge in [-0.05, 0) is 30.3 Å². The molecule has 0 saturated carbocycles. The van der Waals surface area contributed by atoms with Gasteiger partial charge in [0.2, 0.25) is 5.91 Å². The first-order valence-corrected chi connectivity index (χ1v) is 8.42. The molecule has 1 amide bonds. The van der Waals surface area contributed by atoms with E-state index >= 15 is 0 Å². The minimum atomic E-state index is -3.71. The second-order valence-electron chi connectivity index (χ2n) is 4.52. The van der Waals surface area contributed by atoms with Crippen molar-refractivity contribution in [3.63, 3.8) is 0 Å². The molecule has 0 aliphatic rings. The summed E-state index contributed by atoms with van der Waals surface area (Å²) in [4.78, 5) is 11.4. The van der Waals surface area contributed by atoms with Crippen molar-refractivity contribution in [3.8, 4) is 0 Å². The number of para-hydroxylation sites is 1. The topological polar surface area (TPSA) is 66.5 Å². The number of benzene rings is 2. The molecule has 2 aromatic carbocycles. The fourth-order valence-electron chi connectivity index (χ4n) is 1.86. The Kier molecular flexibility index (Phi) is 5.05. The van der Waals surface area contributed by atoms with Gasteiger partial charge in [-0.25, -0.2) is 8.42 Å². The fourth-order valence-corrected chi connectivity index (χ4v) is 3.17. The van der Waals surface area contributed by atoms with Gasteiger partial charge in [0.05, 0.1) is 10.6 Å². The molecule has 22 heavy (non-hydrogen) atoms. The zero-order chi connectivity index (χ0) is 16.2. The number of sulfonamides is 1. The number of hydrogen-bond acceptors (Lipinski definition) is 3.